The van der Waals surface area contributed by atoms with Gasteiger partial charge in [0.05, 0.1) is 12.6 Å². The van der Waals surface area contributed by atoms with Gasteiger partial charge >= 0.3 is 0 Å². The fourth-order valence-corrected chi connectivity index (χ4v) is 4.71. The predicted molar refractivity (Wildman–Crippen MR) is 121 cm³/mol. The van der Waals surface area contributed by atoms with Crippen LogP contribution in [0.15, 0.2) is 36.7 Å². The van der Waals surface area contributed by atoms with Gasteiger partial charge in [0.1, 0.15) is 0 Å². The Morgan fingerprint density at radius 3 is 2.88 bits per heavy atom. The van der Waals surface area contributed by atoms with Crippen LogP contribution in [0.1, 0.15) is 39.9 Å². The van der Waals surface area contributed by atoms with Crippen LogP contribution in [0, 0.1) is 0 Å². The summed E-state index contributed by atoms with van der Waals surface area (Å²) in [7, 11) is 0. The van der Waals surface area contributed by atoms with Gasteiger partial charge in [-0.1, -0.05) is 12.1 Å². The zero-order valence-corrected chi connectivity index (χ0v) is 18.1. The molecule has 166 valence electrons. The van der Waals surface area contributed by atoms with Crippen molar-refractivity contribution in [1.29, 1.82) is 0 Å². The average molecular weight is 433 g/mol. The van der Waals surface area contributed by atoms with Crippen molar-refractivity contribution in [3.63, 3.8) is 0 Å². The summed E-state index contributed by atoms with van der Waals surface area (Å²) >= 11 is 0. The van der Waals surface area contributed by atoms with Crippen molar-refractivity contribution in [2.45, 2.75) is 32.2 Å². The molecule has 0 spiro atoms. The number of H-pyrrole nitrogens is 1. The van der Waals surface area contributed by atoms with Gasteiger partial charge in [-0.3, -0.25) is 14.7 Å². The summed E-state index contributed by atoms with van der Waals surface area (Å²) in [6.07, 6.45) is 7.21. The van der Waals surface area contributed by atoms with Gasteiger partial charge in [-0.25, -0.2) is 4.98 Å². The number of carbonyl (C=O) groups is 2. The van der Waals surface area contributed by atoms with E-state index in [-0.39, 0.29) is 18.2 Å². The van der Waals surface area contributed by atoms with Crippen molar-refractivity contribution < 1.29 is 9.59 Å². The second-order valence-electron chi connectivity index (χ2n) is 8.64. The second-order valence-corrected chi connectivity index (χ2v) is 8.64. The molecule has 2 N–H and O–H groups in total. The lowest BCUT2D eigenvalue weighted by atomic mass is 9.98. The minimum Gasteiger partial charge on any atom is -0.351 e. The van der Waals surface area contributed by atoms with Gasteiger partial charge in [0.2, 0.25) is 5.91 Å². The van der Waals surface area contributed by atoms with Crippen molar-refractivity contribution in [2.24, 2.45) is 0 Å². The van der Waals surface area contributed by atoms with Crippen molar-refractivity contribution in [1.82, 2.24) is 30.3 Å². The highest BCUT2D eigenvalue weighted by atomic mass is 16.2. The van der Waals surface area contributed by atoms with Crippen molar-refractivity contribution in [3.8, 4) is 0 Å². The molecule has 2 aliphatic heterocycles. The highest BCUT2D eigenvalue weighted by Crippen LogP contribution is 2.25. The van der Waals surface area contributed by atoms with E-state index in [0.717, 1.165) is 48.2 Å². The van der Waals surface area contributed by atoms with E-state index in [1.165, 1.54) is 18.4 Å². The summed E-state index contributed by atoms with van der Waals surface area (Å²) in [5, 5.41) is 11.0. The first kappa shape index (κ1) is 20.6. The number of nitrogens with zero attached hydrogens (tertiary/aromatic N) is 4. The molecule has 0 unspecified atom stereocenters. The number of fused-ring (bicyclic) bond motifs is 3. The molecule has 2 aromatic heterocycles. The molecule has 8 nitrogen and oxygen atoms in total. The third-order valence-corrected chi connectivity index (χ3v) is 6.48. The first-order valence-electron chi connectivity index (χ1n) is 11.3. The zero-order valence-electron chi connectivity index (χ0n) is 18.1. The molecular formula is C24H28N6O2. The molecule has 0 bridgehead atoms. The lowest BCUT2D eigenvalue weighted by Crippen LogP contribution is -2.37. The van der Waals surface area contributed by atoms with Gasteiger partial charge in [0, 0.05) is 43.3 Å². The number of hydrogen-bond acceptors (Lipinski definition) is 5. The number of aromatic nitrogens is 3. The molecular weight excluding hydrogens is 404 g/mol. The minimum absolute atomic E-state index is 0.0644. The number of likely N-dealkylation sites (tertiary alicyclic amines) is 1. The molecule has 32 heavy (non-hydrogen) atoms. The molecule has 2 amide bonds. The molecule has 1 saturated heterocycles. The minimum atomic E-state index is -0.0828. The molecule has 0 saturated carbocycles. The monoisotopic (exact) mass is 432 g/mol. The van der Waals surface area contributed by atoms with E-state index >= 15 is 0 Å². The standard InChI is InChI=1S/C24H28N6O2/c31-22(30-10-6-20-19(16-30)14-26-23-21(20)15-27-28-23)13-17-4-3-5-18(12-17)24(32)25-7-11-29-8-1-2-9-29/h3-5,12,14-15H,1-2,6-11,13,16H2,(H,25,32)(H,26,27,28). The molecule has 0 atom stereocenters. The van der Waals surface area contributed by atoms with Crippen molar-refractivity contribution >= 4 is 22.8 Å². The van der Waals surface area contributed by atoms with Crippen LogP contribution >= 0.6 is 0 Å². The van der Waals surface area contributed by atoms with Gasteiger partial charge in [0.15, 0.2) is 5.65 Å². The first-order valence-corrected chi connectivity index (χ1v) is 11.3. The Hall–Kier alpha value is -3.26. The van der Waals surface area contributed by atoms with Crippen LogP contribution in [0.25, 0.3) is 11.0 Å². The summed E-state index contributed by atoms with van der Waals surface area (Å²) in [4.78, 5) is 34.2. The van der Waals surface area contributed by atoms with Gasteiger partial charge in [0.25, 0.3) is 5.91 Å². The molecule has 1 fully saturated rings. The van der Waals surface area contributed by atoms with Crippen LogP contribution in [-0.2, 0) is 24.2 Å². The van der Waals surface area contributed by atoms with E-state index in [4.69, 9.17) is 0 Å². The Kier molecular flexibility index (Phi) is 5.85. The van der Waals surface area contributed by atoms with Gasteiger partial charge < -0.3 is 15.1 Å². The second kappa shape index (κ2) is 9.08. The normalized spacial score (nSPS) is 16.3. The third kappa shape index (κ3) is 4.36. The number of aromatic amines is 1. The molecule has 2 aliphatic rings. The van der Waals surface area contributed by atoms with E-state index in [1.807, 2.05) is 29.3 Å². The highest BCUT2D eigenvalue weighted by molar-refractivity contribution is 5.94. The van der Waals surface area contributed by atoms with Crippen LogP contribution < -0.4 is 5.32 Å². The number of hydrogen-bond donors (Lipinski definition) is 2. The van der Waals surface area contributed by atoms with Crippen molar-refractivity contribution in [3.05, 3.63) is 58.9 Å². The average Bonchev–Trinajstić information content (AvgIpc) is 3.51. The number of benzene rings is 1. The van der Waals surface area contributed by atoms with E-state index in [0.29, 0.717) is 25.2 Å². The fraction of sp³-hybridized carbons (Fsp3) is 0.417. The summed E-state index contributed by atoms with van der Waals surface area (Å²) in [6.45, 7) is 5.01. The Labute approximate surface area is 187 Å². The number of amides is 2. The fourth-order valence-electron chi connectivity index (χ4n) is 4.71. The summed E-state index contributed by atoms with van der Waals surface area (Å²) < 4.78 is 0. The lowest BCUT2D eigenvalue weighted by Gasteiger charge is -2.29. The predicted octanol–water partition coefficient (Wildman–Crippen LogP) is 1.91. The molecule has 0 aliphatic carbocycles. The van der Waals surface area contributed by atoms with Crippen LogP contribution in [-0.4, -0.2) is 69.5 Å². The quantitative estimate of drug-likeness (QED) is 0.621. The zero-order chi connectivity index (χ0) is 21.9. The highest BCUT2D eigenvalue weighted by Gasteiger charge is 2.23. The van der Waals surface area contributed by atoms with E-state index in [9.17, 15) is 9.59 Å². The van der Waals surface area contributed by atoms with Crippen molar-refractivity contribution in [2.75, 3.05) is 32.7 Å². The van der Waals surface area contributed by atoms with Crippen LogP contribution in [0.4, 0.5) is 0 Å². The van der Waals surface area contributed by atoms with E-state index in [1.54, 1.807) is 12.3 Å². The molecule has 3 aromatic rings. The SMILES string of the molecule is O=C(NCCN1CCCC1)c1cccc(CC(=O)N2CCc3c(cnc4[nH]ncc34)C2)c1. The number of carbonyl (C=O) groups excluding carboxylic acids is 2. The Morgan fingerprint density at radius 1 is 1.12 bits per heavy atom. The number of nitrogens with one attached hydrogen (secondary N) is 2. The molecule has 4 heterocycles. The number of rotatable bonds is 6. The summed E-state index contributed by atoms with van der Waals surface area (Å²) in [5.41, 5.74) is 4.55. The largest absolute Gasteiger partial charge is 0.351 e. The summed E-state index contributed by atoms with van der Waals surface area (Å²) in [6, 6.07) is 7.39. The van der Waals surface area contributed by atoms with Gasteiger partial charge in [-0.05, 0) is 61.2 Å². The molecule has 0 radical (unpaired) electrons. The van der Waals surface area contributed by atoms with Crippen LogP contribution in [0.5, 0.6) is 0 Å². The maximum absolute atomic E-state index is 13.0. The van der Waals surface area contributed by atoms with Crippen LogP contribution in [0.2, 0.25) is 0 Å². The number of pyridine rings is 1. The Morgan fingerprint density at radius 2 is 2.00 bits per heavy atom. The summed E-state index contributed by atoms with van der Waals surface area (Å²) in [5.74, 6) is -0.0184. The molecule has 8 heteroatoms. The smallest absolute Gasteiger partial charge is 0.251 e. The topological polar surface area (TPSA) is 94.2 Å². The first-order chi connectivity index (χ1) is 15.7. The maximum atomic E-state index is 13.0. The van der Waals surface area contributed by atoms with E-state index in [2.05, 4.69) is 25.4 Å². The van der Waals surface area contributed by atoms with Gasteiger partial charge in [-0.15, -0.1) is 0 Å². The Bertz CT molecular complexity index is 1130. The van der Waals surface area contributed by atoms with Gasteiger partial charge in [-0.2, -0.15) is 5.10 Å². The molecule has 1 aromatic carbocycles. The van der Waals surface area contributed by atoms with Crippen LogP contribution in [0.3, 0.4) is 0 Å². The van der Waals surface area contributed by atoms with E-state index < -0.39 is 0 Å². The third-order valence-electron chi connectivity index (χ3n) is 6.48. The Balaban J connectivity index is 1.19. The maximum Gasteiger partial charge on any atom is 0.251 e. The molecule has 5 rings (SSSR count). The lowest BCUT2D eigenvalue weighted by molar-refractivity contribution is -0.131.